The van der Waals surface area contributed by atoms with E-state index in [1.165, 1.54) is 0 Å². The predicted molar refractivity (Wildman–Crippen MR) is 85.0 cm³/mol. The second-order valence-corrected chi connectivity index (χ2v) is 5.12. The third kappa shape index (κ3) is 2.81. The highest BCUT2D eigenvalue weighted by Crippen LogP contribution is 2.30. The second-order valence-electron chi connectivity index (χ2n) is 5.12. The molecule has 0 spiro atoms. The lowest BCUT2D eigenvalue weighted by atomic mass is 10.1. The molecule has 3 aromatic rings. The number of aromatic carboxylic acids is 1. The van der Waals surface area contributed by atoms with Gasteiger partial charge in [0.15, 0.2) is 11.3 Å². The van der Waals surface area contributed by atoms with E-state index in [1.54, 1.807) is 25.1 Å². The molecule has 0 saturated carbocycles. The van der Waals surface area contributed by atoms with Gasteiger partial charge >= 0.3 is 11.6 Å². The zero-order valence-corrected chi connectivity index (χ0v) is 12.4. The minimum Gasteiger partial charge on any atom is -0.487 e. The van der Waals surface area contributed by atoms with E-state index < -0.39 is 17.2 Å². The van der Waals surface area contributed by atoms with Crippen LogP contribution in [-0.4, -0.2) is 11.1 Å². The number of carboxylic acids is 1. The fraction of sp³-hybridized carbons (Fsp3) is 0.111. The van der Waals surface area contributed by atoms with Crippen molar-refractivity contribution in [2.45, 2.75) is 13.5 Å². The quantitative estimate of drug-likeness (QED) is 0.748. The van der Waals surface area contributed by atoms with Crippen LogP contribution in [0.25, 0.3) is 11.0 Å². The normalized spacial score (nSPS) is 10.7. The maximum absolute atomic E-state index is 12.0. The van der Waals surface area contributed by atoms with E-state index >= 15 is 0 Å². The van der Waals surface area contributed by atoms with Crippen LogP contribution in [0.5, 0.6) is 5.75 Å². The number of ether oxygens (including phenoxy) is 1. The van der Waals surface area contributed by atoms with Crippen LogP contribution in [0.4, 0.5) is 0 Å². The molecular formula is C18H14O5. The van der Waals surface area contributed by atoms with Gasteiger partial charge in [0.25, 0.3) is 0 Å². The molecule has 0 radical (unpaired) electrons. The number of carbonyl (C=O) groups is 1. The van der Waals surface area contributed by atoms with Crippen molar-refractivity contribution in [3.8, 4) is 5.75 Å². The van der Waals surface area contributed by atoms with Crippen molar-refractivity contribution in [3.05, 3.63) is 75.6 Å². The Hall–Kier alpha value is -3.08. The fourth-order valence-electron chi connectivity index (χ4n) is 2.40. The van der Waals surface area contributed by atoms with Gasteiger partial charge in [-0.05, 0) is 24.1 Å². The molecule has 1 heterocycles. The van der Waals surface area contributed by atoms with E-state index in [9.17, 15) is 14.7 Å². The van der Waals surface area contributed by atoms with Crippen molar-refractivity contribution in [2.75, 3.05) is 0 Å². The molecule has 0 atom stereocenters. The highest BCUT2D eigenvalue weighted by molar-refractivity contribution is 5.98. The highest BCUT2D eigenvalue weighted by atomic mass is 16.5. The molecule has 0 fully saturated rings. The summed E-state index contributed by atoms with van der Waals surface area (Å²) >= 11 is 0. The maximum atomic E-state index is 12.0. The third-order valence-corrected chi connectivity index (χ3v) is 3.52. The minimum absolute atomic E-state index is 0.0382. The Bertz CT molecular complexity index is 925. The summed E-state index contributed by atoms with van der Waals surface area (Å²) < 4.78 is 10.9. The first-order chi connectivity index (χ1) is 11.1. The van der Waals surface area contributed by atoms with Gasteiger partial charge in [-0.3, -0.25) is 0 Å². The van der Waals surface area contributed by atoms with Gasteiger partial charge in [0, 0.05) is 0 Å². The van der Waals surface area contributed by atoms with Crippen molar-refractivity contribution < 1.29 is 19.1 Å². The first-order valence-electron chi connectivity index (χ1n) is 7.04. The van der Waals surface area contributed by atoms with E-state index in [1.807, 2.05) is 30.3 Å². The number of hydrogen-bond acceptors (Lipinski definition) is 4. The number of hydrogen-bond donors (Lipinski definition) is 1. The standard InChI is InChI=1S/C18H14O5/c1-11-6-5-9-13-15(11)23-18(21)14(17(19)20)16(13)22-10-12-7-3-2-4-8-12/h2-9H,10H2,1H3,(H,19,20). The minimum atomic E-state index is -1.37. The van der Waals surface area contributed by atoms with Gasteiger partial charge in [-0.2, -0.15) is 0 Å². The van der Waals surface area contributed by atoms with Gasteiger partial charge < -0.3 is 14.3 Å². The van der Waals surface area contributed by atoms with Gasteiger partial charge in [0.2, 0.25) is 0 Å². The van der Waals surface area contributed by atoms with Crippen LogP contribution in [0, 0.1) is 6.92 Å². The zero-order chi connectivity index (χ0) is 16.4. The summed E-state index contributed by atoms with van der Waals surface area (Å²) in [5, 5.41) is 9.80. The number of rotatable bonds is 4. The lowest BCUT2D eigenvalue weighted by Gasteiger charge is -2.12. The van der Waals surface area contributed by atoms with Crippen LogP contribution in [0.2, 0.25) is 0 Å². The highest BCUT2D eigenvalue weighted by Gasteiger charge is 2.22. The molecule has 5 heteroatoms. The van der Waals surface area contributed by atoms with Crippen LogP contribution in [0.15, 0.2) is 57.7 Å². The lowest BCUT2D eigenvalue weighted by molar-refractivity contribution is 0.0687. The number of fused-ring (bicyclic) bond motifs is 1. The molecular weight excluding hydrogens is 296 g/mol. The molecule has 0 aliphatic heterocycles. The van der Waals surface area contributed by atoms with E-state index in [-0.39, 0.29) is 12.4 Å². The second kappa shape index (κ2) is 5.96. The Morgan fingerprint density at radius 1 is 1.13 bits per heavy atom. The topological polar surface area (TPSA) is 76.7 Å². The molecule has 3 rings (SSSR count). The van der Waals surface area contributed by atoms with Gasteiger partial charge in [-0.1, -0.05) is 42.5 Å². The van der Waals surface area contributed by atoms with E-state index in [4.69, 9.17) is 9.15 Å². The van der Waals surface area contributed by atoms with Crippen LogP contribution < -0.4 is 10.4 Å². The smallest absolute Gasteiger partial charge is 0.354 e. The number of carboxylic acid groups (broad SMARTS) is 1. The lowest BCUT2D eigenvalue weighted by Crippen LogP contribution is -2.16. The largest absolute Gasteiger partial charge is 0.487 e. The Morgan fingerprint density at radius 3 is 2.57 bits per heavy atom. The van der Waals surface area contributed by atoms with Gasteiger partial charge in [0.05, 0.1) is 5.39 Å². The summed E-state index contributed by atoms with van der Waals surface area (Å²) in [6, 6.07) is 14.5. The molecule has 0 aliphatic rings. The number of para-hydroxylation sites is 1. The summed E-state index contributed by atoms with van der Waals surface area (Å²) in [5.74, 6) is -1.33. The third-order valence-electron chi connectivity index (χ3n) is 3.52. The summed E-state index contributed by atoms with van der Waals surface area (Å²) in [7, 11) is 0. The SMILES string of the molecule is Cc1cccc2c(OCc3ccccc3)c(C(=O)O)c(=O)oc12. The molecule has 116 valence electrons. The molecule has 0 unspecified atom stereocenters. The van der Waals surface area contributed by atoms with Crippen molar-refractivity contribution >= 4 is 16.9 Å². The Morgan fingerprint density at radius 2 is 1.87 bits per heavy atom. The fourth-order valence-corrected chi connectivity index (χ4v) is 2.40. The Balaban J connectivity index is 2.16. The molecule has 0 amide bonds. The van der Waals surface area contributed by atoms with Crippen molar-refractivity contribution in [1.82, 2.24) is 0 Å². The molecule has 0 aliphatic carbocycles. The summed E-state index contributed by atoms with van der Waals surface area (Å²) in [6.07, 6.45) is 0. The number of benzene rings is 2. The van der Waals surface area contributed by atoms with Gasteiger partial charge in [-0.15, -0.1) is 0 Å². The Kier molecular flexibility index (Phi) is 3.85. The maximum Gasteiger partial charge on any atom is 0.354 e. The van der Waals surface area contributed by atoms with Crippen LogP contribution >= 0.6 is 0 Å². The van der Waals surface area contributed by atoms with Crippen LogP contribution in [0.1, 0.15) is 21.5 Å². The first kappa shape index (κ1) is 14.8. The van der Waals surface area contributed by atoms with Gasteiger partial charge in [0.1, 0.15) is 12.2 Å². The van der Waals surface area contributed by atoms with E-state index in [0.29, 0.717) is 11.0 Å². The predicted octanol–water partition coefficient (Wildman–Crippen LogP) is 3.38. The summed E-state index contributed by atoms with van der Waals surface area (Å²) in [6.45, 7) is 1.94. The van der Waals surface area contributed by atoms with Gasteiger partial charge in [-0.25, -0.2) is 9.59 Å². The molecule has 0 bridgehead atoms. The first-order valence-corrected chi connectivity index (χ1v) is 7.04. The van der Waals surface area contributed by atoms with Crippen molar-refractivity contribution in [1.29, 1.82) is 0 Å². The Labute approximate surface area is 131 Å². The molecule has 2 aromatic carbocycles. The average Bonchev–Trinajstić information content (AvgIpc) is 2.54. The monoisotopic (exact) mass is 310 g/mol. The van der Waals surface area contributed by atoms with E-state index in [0.717, 1.165) is 11.1 Å². The molecule has 23 heavy (non-hydrogen) atoms. The van der Waals surface area contributed by atoms with Crippen molar-refractivity contribution in [2.24, 2.45) is 0 Å². The molecule has 1 N–H and O–H groups in total. The zero-order valence-electron chi connectivity index (χ0n) is 12.4. The number of aryl methyl sites for hydroxylation is 1. The summed E-state index contributed by atoms with van der Waals surface area (Å²) in [5.41, 5.74) is 0.547. The van der Waals surface area contributed by atoms with Crippen molar-refractivity contribution in [3.63, 3.8) is 0 Å². The van der Waals surface area contributed by atoms with Crippen LogP contribution in [-0.2, 0) is 6.61 Å². The van der Waals surface area contributed by atoms with Crippen LogP contribution in [0.3, 0.4) is 0 Å². The molecule has 1 aromatic heterocycles. The van der Waals surface area contributed by atoms with E-state index in [2.05, 4.69) is 0 Å². The molecule has 5 nitrogen and oxygen atoms in total. The molecule has 0 saturated heterocycles. The summed E-state index contributed by atoms with van der Waals surface area (Å²) in [4.78, 5) is 23.5. The average molecular weight is 310 g/mol.